The number of carbonyl (C=O) groups excluding carboxylic acids is 3. The maximum atomic E-state index is 12.3. The lowest BCUT2D eigenvalue weighted by Crippen LogP contribution is -2.36. The highest BCUT2D eigenvalue weighted by molar-refractivity contribution is 7.16. The number of hydrogen-bond donors (Lipinski definition) is 2. The van der Waals surface area contributed by atoms with Gasteiger partial charge in [0.25, 0.3) is 5.91 Å². The highest BCUT2D eigenvalue weighted by atomic mass is 32.1. The van der Waals surface area contributed by atoms with Crippen LogP contribution in [-0.2, 0) is 14.3 Å². The van der Waals surface area contributed by atoms with Gasteiger partial charge in [0.2, 0.25) is 5.91 Å². The molecule has 1 fully saturated rings. The first kappa shape index (κ1) is 17.5. The molecule has 1 aromatic rings. The summed E-state index contributed by atoms with van der Waals surface area (Å²) in [4.78, 5) is 36.3. The van der Waals surface area contributed by atoms with Crippen LogP contribution in [0, 0.1) is 13.8 Å². The molecule has 0 saturated heterocycles. The van der Waals surface area contributed by atoms with Crippen molar-refractivity contribution in [3.63, 3.8) is 0 Å². The van der Waals surface area contributed by atoms with Gasteiger partial charge in [-0.25, -0.2) is 4.79 Å². The molecule has 0 aliphatic heterocycles. The molecule has 1 aliphatic rings. The smallest absolute Gasteiger partial charge is 0.341 e. The Hall–Kier alpha value is -1.89. The fraction of sp³-hybridized carbons (Fsp3) is 0.562. The van der Waals surface area contributed by atoms with E-state index >= 15 is 0 Å². The Morgan fingerprint density at radius 1 is 1.22 bits per heavy atom. The summed E-state index contributed by atoms with van der Waals surface area (Å²) in [6, 6.07) is 0.196. The van der Waals surface area contributed by atoms with E-state index < -0.39 is 5.97 Å². The van der Waals surface area contributed by atoms with Crippen LogP contribution < -0.4 is 10.6 Å². The number of thiophene rings is 1. The minimum absolute atomic E-state index is 0.196. The summed E-state index contributed by atoms with van der Waals surface area (Å²) in [5, 5.41) is 5.98. The molecule has 0 aromatic carbocycles. The minimum atomic E-state index is -0.586. The predicted molar refractivity (Wildman–Crippen MR) is 88.8 cm³/mol. The molecular formula is C16H22N2O4S. The molecule has 2 amide bonds. The molecule has 1 heterocycles. The van der Waals surface area contributed by atoms with Crippen molar-refractivity contribution in [3.05, 3.63) is 16.0 Å². The number of rotatable bonds is 5. The van der Waals surface area contributed by atoms with Crippen molar-refractivity contribution < 1.29 is 19.1 Å². The molecule has 0 radical (unpaired) electrons. The normalized spacial score (nSPS) is 14.6. The van der Waals surface area contributed by atoms with Crippen LogP contribution in [0.5, 0.6) is 0 Å². The van der Waals surface area contributed by atoms with Gasteiger partial charge in [0.1, 0.15) is 5.00 Å². The second-order valence-corrected chi connectivity index (χ2v) is 7.02. The van der Waals surface area contributed by atoms with E-state index in [0.717, 1.165) is 36.1 Å². The minimum Gasteiger partial charge on any atom is -0.452 e. The molecule has 1 aliphatic carbocycles. The van der Waals surface area contributed by atoms with Gasteiger partial charge in [-0.2, -0.15) is 0 Å². The molecule has 0 atom stereocenters. The van der Waals surface area contributed by atoms with Crippen molar-refractivity contribution in [2.24, 2.45) is 0 Å². The predicted octanol–water partition coefficient (Wildman–Crippen LogP) is 2.54. The summed E-state index contributed by atoms with van der Waals surface area (Å²) in [6.07, 6.45) is 4.21. The highest BCUT2D eigenvalue weighted by Crippen LogP contribution is 2.32. The van der Waals surface area contributed by atoms with Crippen LogP contribution in [0.25, 0.3) is 0 Å². The summed E-state index contributed by atoms with van der Waals surface area (Å²) in [7, 11) is 0. The van der Waals surface area contributed by atoms with Gasteiger partial charge in [0.15, 0.2) is 6.61 Å². The average Bonchev–Trinajstić information content (AvgIpc) is 3.05. The first-order valence-electron chi connectivity index (χ1n) is 7.72. The van der Waals surface area contributed by atoms with Crippen molar-refractivity contribution >= 4 is 34.1 Å². The summed E-state index contributed by atoms with van der Waals surface area (Å²) in [5.41, 5.74) is 1.09. The number of anilines is 1. The summed E-state index contributed by atoms with van der Waals surface area (Å²) in [5.74, 6) is -1.12. The molecular weight excluding hydrogens is 316 g/mol. The molecule has 2 N–H and O–H groups in total. The fourth-order valence-corrected chi connectivity index (χ4v) is 3.76. The van der Waals surface area contributed by atoms with E-state index in [-0.39, 0.29) is 24.5 Å². The van der Waals surface area contributed by atoms with E-state index in [1.807, 2.05) is 6.92 Å². The van der Waals surface area contributed by atoms with Crippen LogP contribution in [0.3, 0.4) is 0 Å². The Labute approximate surface area is 139 Å². The lowest BCUT2D eigenvalue weighted by atomic mass is 10.1. The Morgan fingerprint density at radius 2 is 1.87 bits per heavy atom. The SMILES string of the molecule is CC(=O)Nc1sc(C)c(C)c1C(=O)OCC(=O)NC1CCCC1. The number of carbonyl (C=O) groups is 3. The molecule has 7 heteroatoms. The van der Waals surface area contributed by atoms with E-state index in [1.54, 1.807) is 6.92 Å². The number of hydrogen-bond acceptors (Lipinski definition) is 5. The molecule has 0 bridgehead atoms. The van der Waals surface area contributed by atoms with Gasteiger partial charge in [0, 0.05) is 17.8 Å². The van der Waals surface area contributed by atoms with E-state index in [1.165, 1.54) is 18.3 Å². The summed E-state index contributed by atoms with van der Waals surface area (Å²) < 4.78 is 5.12. The average molecular weight is 338 g/mol. The fourth-order valence-electron chi connectivity index (χ4n) is 2.66. The Morgan fingerprint density at radius 3 is 2.48 bits per heavy atom. The lowest BCUT2D eigenvalue weighted by Gasteiger charge is -2.12. The first-order chi connectivity index (χ1) is 10.9. The standard InChI is InChI=1S/C16H22N2O4S/c1-9-10(2)23-15(17-11(3)19)14(9)16(21)22-8-13(20)18-12-6-4-5-7-12/h12H,4-8H2,1-3H3,(H,17,19)(H,18,20). The zero-order chi connectivity index (χ0) is 17.0. The molecule has 0 unspecified atom stereocenters. The number of aryl methyl sites for hydroxylation is 1. The second kappa shape index (κ2) is 7.59. The van der Waals surface area contributed by atoms with Crippen molar-refractivity contribution in [2.45, 2.75) is 52.5 Å². The Kier molecular flexibility index (Phi) is 5.76. The number of nitrogens with one attached hydrogen (secondary N) is 2. The van der Waals surface area contributed by atoms with Crippen LogP contribution in [-0.4, -0.2) is 30.4 Å². The Balaban J connectivity index is 1.97. The van der Waals surface area contributed by atoms with Gasteiger partial charge >= 0.3 is 5.97 Å². The quantitative estimate of drug-likeness (QED) is 0.808. The van der Waals surface area contributed by atoms with E-state index in [0.29, 0.717) is 10.6 Å². The molecule has 1 saturated carbocycles. The maximum Gasteiger partial charge on any atom is 0.341 e. The second-order valence-electron chi connectivity index (χ2n) is 5.79. The molecule has 126 valence electrons. The topological polar surface area (TPSA) is 84.5 Å². The van der Waals surface area contributed by atoms with Crippen molar-refractivity contribution in [1.29, 1.82) is 0 Å². The number of esters is 1. The van der Waals surface area contributed by atoms with Gasteiger partial charge in [-0.3, -0.25) is 9.59 Å². The third-order valence-corrected chi connectivity index (χ3v) is 5.06. The van der Waals surface area contributed by atoms with Gasteiger partial charge in [-0.1, -0.05) is 12.8 Å². The lowest BCUT2D eigenvalue weighted by molar-refractivity contribution is -0.125. The van der Waals surface area contributed by atoms with Gasteiger partial charge in [-0.15, -0.1) is 11.3 Å². The van der Waals surface area contributed by atoms with Gasteiger partial charge in [-0.05, 0) is 32.3 Å². The van der Waals surface area contributed by atoms with Gasteiger partial charge in [0.05, 0.1) is 5.56 Å². The van der Waals surface area contributed by atoms with Crippen LogP contribution in [0.15, 0.2) is 0 Å². The Bertz CT molecular complexity index is 618. The van der Waals surface area contributed by atoms with E-state index in [2.05, 4.69) is 10.6 Å². The van der Waals surface area contributed by atoms with Gasteiger partial charge < -0.3 is 15.4 Å². The van der Waals surface area contributed by atoms with Crippen LogP contribution in [0.1, 0.15) is 53.4 Å². The molecule has 23 heavy (non-hydrogen) atoms. The largest absolute Gasteiger partial charge is 0.452 e. The highest BCUT2D eigenvalue weighted by Gasteiger charge is 2.23. The van der Waals surface area contributed by atoms with Crippen LogP contribution in [0.4, 0.5) is 5.00 Å². The zero-order valence-corrected chi connectivity index (χ0v) is 14.5. The van der Waals surface area contributed by atoms with Crippen molar-refractivity contribution in [2.75, 3.05) is 11.9 Å². The number of amides is 2. The molecule has 2 rings (SSSR count). The third-order valence-electron chi connectivity index (χ3n) is 3.93. The van der Waals surface area contributed by atoms with Crippen molar-refractivity contribution in [3.8, 4) is 0 Å². The van der Waals surface area contributed by atoms with Crippen LogP contribution in [0.2, 0.25) is 0 Å². The summed E-state index contributed by atoms with van der Waals surface area (Å²) in [6.45, 7) is 4.75. The van der Waals surface area contributed by atoms with Crippen LogP contribution >= 0.6 is 11.3 Å². The van der Waals surface area contributed by atoms with Crippen molar-refractivity contribution in [1.82, 2.24) is 5.32 Å². The zero-order valence-electron chi connectivity index (χ0n) is 13.7. The summed E-state index contributed by atoms with van der Waals surface area (Å²) >= 11 is 1.32. The monoisotopic (exact) mass is 338 g/mol. The van der Waals surface area contributed by atoms with E-state index in [9.17, 15) is 14.4 Å². The van der Waals surface area contributed by atoms with E-state index in [4.69, 9.17) is 4.74 Å². The third kappa shape index (κ3) is 4.54. The maximum absolute atomic E-state index is 12.3. The first-order valence-corrected chi connectivity index (χ1v) is 8.54. The molecule has 6 nitrogen and oxygen atoms in total. The molecule has 1 aromatic heterocycles. The number of ether oxygens (including phenoxy) is 1. The molecule has 0 spiro atoms.